The first-order valence-electron chi connectivity index (χ1n) is 5.99. The predicted octanol–water partition coefficient (Wildman–Crippen LogP) is 3.85. The molecule has 2 aromatic carbocycles. The van der Waals surface area contributed by atoms with Gasteiger partial charge in [0.1, 0.15) is 5.82 Å². The van der Waals surface area contributed by atoms with Gasteiger partial charge in [0.15, 0.2) is 0 Å². The lowest BCUT2D eigenvalue weighted by Gasteiger charge is -2.10. The second-order valence-corrected chi connectivity index (χ2v) is 5.35. The summed E-state index contributed by atoms with van der Waals surface area (Å²) in [7, 11) is 0. The van der Waals surface area contributed by atoms with E-state index in [0.717, 1.165) is 11.6 Å². The number of hydrogen-bond donors (Lipinski definition) is 2. The third-order valence-electron chi connectivity index (χ3n) is 2.83. The maximum Gasteiger partial charge on any atom is 0.337 e. The SMILES string of the molecule is Cc1ccc(NC(=O)c2cc(Br)ccc2F)c(C(=O)O)c1. The number of nitrogens with one attached hydrogen (secondary N) is 1. The molecule has 0 aliphatic rings. The topological polar surface area (TPSA) is 66.4 Å². The second-order valence-electron chi connectivity index (χ2n) is 4.43. The molecular formula is C15H11BrFNO3. The molecule has 0 aromatic heterocycles. The van der Waals surface area contributed by atoms with Crippen LogP contribution in [-0.2, 0) is 0 Å². The smallest absolute Gasteiger partial charge is 0.337 e. The Balaban J connectivity index is 2.36. The number of carbonyl (C=O) groups excluding carboxylic acids is 1. The Labute approximate surface area is 128 Å². The van der Waals surface area contributed by atoms with E-state index in [4.69, 9.17) is 5.11 Å². The highest BCUT2D eigenvalue weighted by molar-refractivity contribution is 9.10. The molecule has 0 unspecified atom stereocenters. The standard InChI is InChI=1S/C15H11BrFNO3/c1-8-2-5-13(11(6-8)15(20)21)18-14(19)10-7-9(16)3-4-12(10)17/h2-7H,1H3,(H,18,19)(H,20,21). The van der Waals surface area contributed by atoms with Crippen molar-refractivity contribution in [1.29, 1.82) is 0 Å². The second kappa shape index (κ2) is 6.05. The van der Waals surface area contributed by atoms with Crippen molar-refractivity contribution in [2.45, 2.75) is 6.92 Å². The summed E-state index contributed by atoms with van der Waals surface area (Å²) >= 11 is 3.16. The summed E-state index contributed by atoms with van der Waals surface area (Å²) in [5, 5.41) is 11.6. The number of amides is 1. The van der Waals surface area contributed by atoms with Crippen molar-refractivity contribution in [3.05, 3.63) is 63.4 Å². The number of carboxylic acid groups (broad SMARTS) is 1. The van der Waals surface area contributed by atoms with Gasteiger partial charge in [-0.25, -0.2) is 9.18 Å². The fourth-order valence-electron chi connectivity index (χ4n) is 1.81. The zero-order chi connectivity index (χ0) is 15.6. The molecule has 2 aromatic rings. The van der Waals surface area contributed by atoms with Gasteiger partial charge >= 0.3 is 5.97 Å². The first kappa shape index (κ1) is 15.2. The Hall–Kier alpha value is -2.21. The summed E-state index contributed by atoms with van der Waals surface area (Å²) in [6, 6.07) is 8.55. The molecule has 108 valence electrons. The van der Waals surface area contributed by atoms with Crippen molar-refractivity contribution in [3.63, 3.8) is 0 Å². The third kappa shape index (κ3) is 3.46. The summed E-state index contributed by atoms with van der Waals surface area (Å²) in [5.41, 5.74) is 0.663. The zero-order valence-corrected chi connectivity index (χ0v) is 12.6. The van der Waals surface area contributed by atoms with Gasteiger partial charge in [-0.1, -0.05) is 27.6 Å². The Morgan fingerprint density at radius 2 is 1.86 bits per heavy atom. The minimum atomic E-state index is -1.16. The van der Waals surface area contributed by atoms with Crippen molar-refractivity contribution < 1.29 is 19.1 Å². The minimum Gasteiger partial charge on any atom is -0.478 e. The zero-order valence-electron chi connectivity index (χ0n) is 11.0. The number of hydrogen-bond acceptors (Lipinski definition) is 2. The largest absolute Gasteiger partial charge is 0.478 e. The molecule has 0 radical (unpaired) electrons. The van der Waals surface area contributed by atoms with Crippen molar-refractivity contribution in [3.8, 4) is 0 Å². The van der Waals surface area contributed by atoms with Gasteiger partial charge in [-0.05, 0) is 37.3 Å². The van der Waals surface area contributed by atoms with E-state index in [0.29, 0.717) is 4.47 Å². The van der Waals surface area contributed by atoms with Crippen LogP contribution in [0.4, 0.5) is 10.1 Å². The monoisotopic (exact) mass is 351 g/mol. The Morgan fingerprint density at radius 3 is 2.52 bits per heavy atom. The number of benzene rings is 2. The van der Waals surface area contributed by atoms with Crippen LogP contribution in [0.15, 0.2) is 40.9 Å². The van der Waals surface area contributed by atoms with E-state index >= 15 is 0 Å². The molecule has 0 saturated carbocycles. The van der Waals surface area contributed by atoms with Gasteiger partial charge in [-0.2, -0.15) is 0 Å². The highest BCUT2D eigenvalue weighted by Crippen LogP contribution is 2.21. The van der Waals surface area contributed by atoms with Crippen LogP contribution < -0.4 is 5.32 Å². The van der Waals surface area contributed by atoms with Crippen molar-refractivity contribution >= 4 is 33.5 Å². The maximum atomic E-state index is 13.6. The van der Waals surface area contributed by atoms with Gasteiger partial charge in [0.25, 0.3) is 5.91 Å². The number of carboxylic acids is 1. The molecule has 2 rings (SSSR count). The van der Waals surface area contributed by atoms with Crippen LogP contribution in [0, 0.1) is 12.7 Å². The van der Waals surface area contributed by atoms with Crippen LogP contribution in [-0.4, -0.2) is 17.0 Å². The summed E-state index contributed by atoms with van der Waals surface area (Å²) in [4.78, 5) is 23.3. The van der Waals surface area contributed by atoms with Gasteiger partial charge < -0.3 is 10.4 Å². The average Bonchev–Trinajstić information content (AvgIpc) is 2.43. The Kier molecular flexibility index (Phi) is 4.37. The summed E-state index contributed by atoms with van der Waals surface area (Å²) < 4.78 is 14.2. The lowest BCUT2D eigenvalue weighted by atomic mass is 10.1. The lowest BCUT2D eigenvalue weighted by molar-refractivity contribution is 0.0698. The highest BCUT2D eigenvalue weighted by atomic mass is 79.9. The molecule has 0 aliphatic heterocycles. The third-order valence-corrected chi connectivity index (χ3v) is 3.32. The Morgan fingerprint density at radius 1 is 1.14 bits per heavy atom. The van der Waals surface area contributed by atoms with Crippen molar-refractivity contribution in [2.75, 3.05) is 5.32 Å². The number of rotatable bonds is 3. The molecule has 2 N–H and O–H groups in total. The fraction of sp³-hybridized carbons (Fsp3) is 0.0667. The van der Waals surface area contributed by atoms with Gasteiger partial charge in [-0.3, -0.25) is 4.79 Å². The minimum absolute atomic E-state index is 0.0428. The molecule has 1 amide bonds. The number of carbonyl (C=O) groups is 2. The summed E-state index contributed by atoms with van der Waals surface area (Å²) in [5.74, 6) is -2.55. The van der Waals surface area contributed by atoms with E-state index in [9.17, 15) is 14.0 Å². The molecule has 0 spiro atoms. The van der Waals surface area contributed by atoms with E-state index in [1.165, 1.54) is 24.3 Å². The molecule has 0 saturated heterocycles. The lowest BCUT2D eigenvalue weighted by Crippen LogP contribution is -2.16. The van der Waals surface area contributed by atoms with Crippen LogP contribution >= 0.6 is 15.9 Å². The first-order valence-corrected chi connectivity index (χ1v) is 6.78. The maximum absolute atomic E-state index is 13.6. The number of anilines is 1. The van der Waals surface area contributed by atoms with E-state index < -0.39 is 17.7 Å². The molecule has 0 heterocycles. The van der Waals surface area contributed by atoms with Crippen molar-refractivity contribution in [1.82, 2.24) is 0 Å². The van der Waals surface area contributed by atoms with E-state index in [2.05, 4.69) is 21.2 Å². The van der Waals surface area contributed by atoms with Crippen LogP contribution in [0.1, 0.15) is 26.3 Å². The van der Waals surface area contributed by atoms with Crippen LogP contribution in [0.3, 0.4) is 0 Å². The number of aryl methyl sites for hydroxylation is 1. The van der Waals surface area contributed by atoms with E-state index in [-0.39, 0.29) is 16.8 Å². The molecular weight excluding hydrogens is 341 g/mol. The van der Waals surface area contributed by atoms with E-state index in [1.807, 2.05) is 0 Å². The quantitative estimate of drug-likeness (QED) is 0.882. The van der Waals surface area contributed by atoms with Gasteiger partial charge in [0, 0.05) is 4.47 Å². The summed E-state index contributed by atoms with van der Waals surface area (Å²) in [6.07, 6.45) is 0. The molecule has 6 heteroatoms. The van der Waals surface area contributed by atoms with Gasteiger partial charge in [0.05, 0.1) is 16.8 Å². The van der Waals surface area contributed by atoms with Gasteiger partial charge in [0.2, 0.25) is 0 Å². The van der Waals surface area contributed by atoms with E-state index in [1.54, 1.807) is 13.0 Å². The average molecular weight is 352 g/mol. The molecule has 0 atom stereocenters. The van der Waals surface area contributed by atoms with Crippen LogP contribution in [0.5, 0.6) is 0 Å². The molecule has 21 heavy (non-hydrogen) atoms. The number of aromatic carboxylic acids is 1. The highest BCUT2D eigenvalue weighted by Gasteiger charge is 2.16. The first-order chi connectivity index (χ1) is 9.88. The Bertz CT molecular complexity index is 731. The molecule has 0 bridgehead atoms. The normalized spacial score (nSPS) is 10.2. The number of halogens is 2. The summed E-state index contributed by atoms with van der Waals surface area (Å²) in [6.45, 7) is 1.74. The fourth-order valence-corrected chi connectivity index (χ4v) is 2.17. The molecule has 4 nitrogen and oxygen atoms in total. The van der Waals surface area contributed by atoms with Gasteiger partial charge in [-0.15, -0.1) is 0 Å². The molecule has 0 fully saturated rings. The predicted molar refractivity (Wildman–Crippen MR) is 80.2 cm³/mol. The molecule has 0 aliphatic carbocycles. The van der Waals surface area contributed by atoms with Crippen LogP contribution in [0.2, 0.25) is 0 Å². The van der Waals surface area contributed by atoms with Crippen LogP contribution in [0.25, 0.3) is 0 Å². The van der Waals surface area contributed by atoms with Crippen molar-refractivity contribution in [2.24, 2.45) is 0 Å².